The van der Waals surface area contributed by atoms with Crippen LogP contribution in [-0.2, 0) is 9.53 Å². The van der Waals surface area contributed by atoms with Crippen LogP contribution in [0.3, 0.4) is 0 Å². The lowest BCUT2D eigenvalue weighted by molar-refractivity contribution is -0.119. The van der Waals surface area contributed by atoms with Gasteiger partial charge in [-0.25, -0.2) is 9.78 Å². The van der Waals surface area contributed by atoms with Crippen LogP contribution >= 0.6 is 11.6 Å². The fourth-order valence-electron chi connectivity index (χ4n) is 2.48. The van der Waals surface area contributed by atoms with Crippen LogP contribution in [0.1, 0.15) is 23.0 Å². The molecule has 1 aromatic carbocycles. The Hall–Kier alpha value is -3.06. The molecule has 3 aromatic rings. The van der Waals surface area contributed by atoms with E-state index in [1.807, 2.05) is 6.92 Å². The summed E-state index contributed by atoms with van der Waals surface area (Å²) in [7, 11) is 0. The predicted molar refractivity (Wildman–Crippen MR) is 100 cm³/mol. The predicted octanol–water partition coefficient (Wildman–Crippen LogP) is 3.98. The number of carbonyl (C=O) groups excluding carboxylic acids is 2. The molecule has 27 heavy (non-hydrogen) atoms. The highest BCUT2D eigenvalue weighted by atomic mass is 35.5. The van der Waals surface area contributed by atoms with Gasteiger partial charge in [0.25, 0.3) is 5.91 Å². The maximum Gasteiger partial charge on any atom is 0.375 e. The van der Waals surface area contributed by atoms with Gasteiger partial charge in [0.2, 0.25) is 5.76 Å². The Morgan fingerprint density at radius 2 is 2.07 bits per heavy atom. The van der Waals surface area contributed by atoms with Gasteiger partial charge >= 0.3 is 5.97 Å². The average Bonchev–Trinajstić information content (AvgIpc) is 2.98. The van der Waals surface area contributed by atoms with E-state index < -0.39 is 18.5 Å². The number of nitrogens with zero attached hydrogens (tertiary/aromatic N) is 1. The number of aryl methyl sites for hydroxylation is 1. The lowest BCUT2D eigenvalue weighted by Crippen LogP contribution is -2.21. The van der Waals surface area contributed by atoms with Crippen molar-refractivity contribution in [2.45, 2.75) is 13.8 Å². The zero-order valence-corrected chi connectivity index (χ0v) is 15.5. The summed E-state index contributed by atoms with van der Waals surface area (Å²) in [5.74, 6) is -0.199. The Morgan fingerprint density at radius 1 is 1.26 bits per heavy atom. The molecule has 0 bridgehead atoms. The summed E-state index contributed by atoms with van der Waals surface area (Å²) in [5, 5.41) is 3.71. The highest BCUT2D eigenvalue weighted by molar-refractivity contribution is 6.30. The van der Waals surface area contributed by atoms with Crippen molar-refractivity contribution in [1.82, 2.24) is 4.98 Å². The van der Waals surface area contributed by atoms with Crippen LogP contribution in [0.2, 0.25) is 5.02 Å². The molecule has 0 aliphatic carbocycles. The van der Waals surface area contributed by atoms with Gasteiger partial charge in [-0.3, -0.25) is 4.79 Å². The largest absolute Gasteiger partial charge is 0.494 e. The van der Waals surface area contributed by atoms with Crippen LogP contribution in [0.15, 0.2) is 40.9 Å². The number of esters is 1. The van der Waals surface area contributed by atoms with Crippen molar-refractivity contribution in [3.05, 3.63) is 52.9 Å². The minimum atomic E-state index is -0.721. The molecule has 0 saturated heterocycles. The summed E-state index contributed by atoms with van der Waals surface area (Å²) in [6, 6.07) is 8.42. The zero-order chi connectivity index (χ0) is 19.4. The van der Waals surface area contributed by atoms with Gasteiger partial charge in [-0.2, -0.15) is 0 Å². The van der Waals surface area contributed by atoms with Gasteiger partial charge in [-0.15, -0.1) is 0 Å². The van der Waals surface area contributed by atoms with Crippen LogP contribution in [0.4, 0.5) is 5.82 Å². The second kappa shape index (κ2) is 8.09. The van der Waals surface area contributed by atoms with Crippen LogP contribution in [0.25, 0.3) is 11.0 Å². The third kappa shape index (κ3) is 4.38. The molecule has 0 aliphatic heterocycles. The lowest BCUT2D eigenvalue weighted by atomic mass is 10.1. The normalized spacial score (nSPS) is 10.6. The summed E-state index contributed by atoms with van der Waals surface area (Å²) in [6.45, 7) is 3.70. The van der Waals surface area contributed by atoms with Gasteiger partial charge in [-0.1, -0.05) is 11.6 Å². The maximum atomic E-state index is 12.3. The fraction of sp³-hybridized carbons (Fsp3) is 0.211. The van der Waals surface area contributed by atoms with Crippen LogP contribution in [-0.4, -0.2) is 30.1 Å². The number of anilines is 1. The van der Waals surface area contributed by atoms with Crippen molar-refractivity contribution < 1.29 is 23.5 Å². The first kappa shape index (κ1) is 18.7. The smallest absolute Gasteiger partial charge is 0.375 e. The molecule has 0 saturated carbocycles. The number of nitrogens with one attached hydrogen (secondary N) is 1. The summed E-state index contributed by atoms with van der Waals surface area (Å²) in [5.41, 5.74) is 1.16. The molecule has 7 nitrogen and oxygen atoms in total. The van der Waals surface area contributed by atoms with Crippen molar-refractivity contribution in [2.24, 2.45) is 0 Å². The molecule has 0 atom stereocenters. The van der Waals surface area contributed by atoms with Gasteiger partial charge in [0.1, 0.15) is 17.2 Å². The van der Waals surface area contributed by atoms with Gasteiger partial charge < -0.3 is 19.2 Å². The van der Waals surface area contributed by atoms with Crippen molar-refractivity contribution in [1.29, 1.82) is 0 Å². The second-order valence-electron chi connectivity index (χ2n) is 5.63. The number of benzene rings is 1. The van der Waals surface area contributed by atoms with Crippen molar-refractivity contribution >= 4 is 40.3 Å². The molecule has 0 spiro atoms. The Bertz CT molecular complexity index is 982. The number of fused-ring (bicyclic) bond motifs is 1. The number of carbonyl (C=O) groups is 2. The number of ether oxygens (including phenoxy) is 2. The van der Waals surface area contributed by atoms with E-state index in [1.165, 1.54) is 6.20 Å². The monoisotopic (exact) mass is 388 g/mol. The summed E-state index contributed by atoms with van der Waals surface area (Å²) < 4.78 is 16.1. The molecular weight excluding hydrogens is 372 g/mol. The number of furan rings is 1. The molecule has 2 heterocycles. The second-order valence-corrected chi connectivity index (χ2v) is 6.07. The molecule has 1 N–H and O–H groups in total. The SMILES string of the molecule is CCOc1ccc2oc(C(=O)OCC(=O)Nc3ccc(Cl)cn3)c(C)c2c1. The van der Waals surface area contributed by atoms with E-state index in [0.717, 1.165) is 5.39 Å². The third-order valence-electron chi connectivity index (χ3n) is 3.73. The Kier molecular flexibility index (Phi) is 5.61. The number of aromatic nitrogens is 1. The summed E-state index contributed by atoms with van der Waals surface area (Å²) in [6.07, 6.45) is 1.40. The number of amides is 1. The highest BCUT2D eigenvalue weighted by Crippen LogP contribution is 2.29. The van der Waals surface area contributed by atoms with E-state index in [0.29, 0.717) is 34.3 Å². The molecular formula is C19H17ClN2O5. The molecule has 0 fully saturated rings. The van der Waals surface area contributed by atoms with E-state index >= 15 is 0 Å². The topological polar surface area (TPSA) is 90.7 Å². The Morgan fingerprint density at radius 3 is 2.78 bits per heavy atom. The average molecular weight is 389 g/mol. The standard InChI is InChI=1S/C19H17ClN2O5/c1-3-25-13-5-6-15-14(8-13)11(2)18(27-15)19(24)26-10-17(23)22-16-7-4-12(20)9-21-16/h4-9H,3,10H2,1-2H3,(H,21,22,23). The molecule has 0 radical (unpaired) electrons. The fourth-order valence-corrected chi connectivity index (χ4v) is 2.59. The summed E-state index contributed by atoms with van der Waals surface area (Å²) in [4.78, 5) is 28.1. The van der Waals surface area contributed by atoms with E-state index in [-0.39, 0.29) is 5.76 Å². The number of hydrogen-bond acceptors (Lipinski definition) is 6. The van der Waals surface area contributed by atoms with E-state index in [9.17, 15) is 9.59 Å². The molecule has 8 heteroatoms. The first-order valence-corrected chi connectivity index (χ1v) is 8.60. The molecule has 2 aromatic heterocycles. The quantitative estimate of drug-likeness (QED) is 0.642. The van der Waals surface area contributed by atoms with Crippen LogP contribution < -0.4 is 10.1 Å². The summed E-state index contributed by atoms with van der Waals surface area (Å²) >= 11 is 5.73. The minimum Gasteiger partial charge on any atom is -0.494 e. The Labute approximate surface area is 160 Å². The van der Waals surface area contributed by atoms with Gasteiger partial charge in [-0.05, 0) is 44.2 Å². The maximum absolute atomic E-state index is 12.3. The van der Waals surface area contributed by atoms with Crippen molar-refractivity contribution in [3.8, 4) is 5.75 Å². The number of halogens is 1. The van der Waals surface area contributed by atoms with E-state index in [2.05, 4.69) is 10.3 Å². The first-order chi connectivity index (χ1) is 13.0. The highest BCUT2D eigenvalue weighted by Gasteiger charge is 2.20. The van der Waals surface area contributed by atoms with Crippen LogP contribution in [0.5, 0.6) is 5.75 Å². The lowest BCUT2D eigenvalue weighted by Gasteiger charge is -2.05. The van der Waals surface area contributed by atoms with E-state index in [1.54, 1.807) is 37.3 Å². The zero-order valence-electron chi connectivity index (χ0n) is 14.7. The van der Waals surface area contributed by atoms with Crippen LogP contribution in [0, 0.1) is 6.92 Å². The molecule has 140 valence electrons. The number of pyridine rings is 1. The van der Waals surface area contributed by atoms with Crippen molar-refractivity contribution in [3.63, 3.8) is 0 Å². The van der Waals surface area contributed by atoms with Gasteiger partial charge in [0.15, 0.2) is 6.61 Å². The van der Waals surface area contributed by atoms with E-state index in [4.69, 9.17) is 25.5 Å². The molecule has 0 aliphatic rings. The Balaban J connectivity index is 1.66. The molecule has 3 rings (SSSR count). The van der Waals surface area contributed by atoms with Crippen molar-refractivity contribution in [2.75, 3.05) is 18.5 Å². The molecule has 0 unspecified atom stereocenters. The first-order valence-electron chi connectivity index (χ1n) is 8.22. The third-order valence-corrected chi connectivity index (χ3v) is 3.96. The number of rotatable bonds is 6. The van der Waals surface area contributed by atoms with Gasteiger partial charge in [0, 0.05) is 17.1 Å². The van der Waals surface area contributed by atoms with Gasteiger partial charge in [0.05, 0.1) is 11.6 Å². The molecule has 1 amide bonds. The minimum absolute atomic E-state index is 0.0519. The number of hydrogen-bond donors (Lipinski definition) is 1.